The second-order valence-corrected chi connectivity index (χ2v) is 9.62. The van der Waals surface area contributed by atoms with Gasteiger partial charge in [-0.2, -0.15) is 0 Å². The minimum Gasteiger partial charge on any atom is -0.493 e. The molecule has 2 nitrogen and oxygen atoms in total. The lowest BCUT2D eigenvalue weighted by Gasteiger charge is -2.21. The van der Waals surface area contributed by atoms with Crippen molar-refractivity contribution in [3.63, 3.8) is 0 Å². The molecule has 0 atom stereocenters. The largest absolute Gasteiger partial charge is 0.493 e. The summed E-state index contributed by atoms with van der Waals surface area (Å²) in [4.78, 5) is 2.34. The third-order valence-electron chi connectivity index (χ3n) is 4.30. The van der Waals surface area contributed by atoms with Gasteiger partial charge in [0.25, 0.3) is 0 Å². The summed E-state index contributed by atoms with van der Waals surface area (Å²) in [5, 5.41) is 0. The van der Waals surface area contributed by atoms with Crippen LogP contribution in [0.3, 0.4) is 0 Å². The van der Waals surface area contributed by atoms with Crippen LogP contribution >= 0.6 is 0 Å². The summed E-state index contributed by atoms with van der Waals surface area (Å²) >= 11 is 0. The molecule has 0 aromatic heterocycles. The molecule has 0 saturated carbocycles. The molecular formula is C24H35NO. The molecule has 2 heteroatoms. The highest BCUT2D eigenvalue weighted by molar-refractivity contribution is 5.29. The van der Waals surface area contributed by atoms with E-state index in [9.17, 15) is 0 Å². The first-order valence-corrected chi connectivity index (χ1v) is 9.53. The second-order valence-electron chi connectivity index (χ2n) is 9.62. The number of rotatable bonds is 6. The van der Waals surface area contributed by atoms with Crippen molar-refractivity contribution >= 4 is 0 Å². The Morgan fingerprint density at radius 2 is 1.42 bits per heavy atom. The van der Waals surface area contributed by atoms with Gasteiger partial charge in [-0.3, -0.25) is 4.90 Å². The van der Waals surface area contributed by atoms with E-state index in [1.54, 1.807) is 0 Å². The van der Waals surface area contributed by atoms with E-state index in [0.717, 1.165) is 25.4 Å². The predicted octanol–water partition coefficient (Wildman–Crippen LogP) is 6.04. The summed E-state index contributed by atoms with van der Waals surface area (Å²) in [6.07, 6.45) is 0. The van der Waals surface area contributed by atoms with Crippen LogP contribution in [-0.4, -0.2) is 18.6 Å². The fourth-order valence-corrected chi connectivity index (χ4v) is 2.82. The lowest BCUT2D eigenvalue weighted by atomic mass is 9.87. The summed E-state index contributed by atoms with van der Waals surface area (Å²) in [7, 11) is 2.17. The lowest BCUT2D eigenvalue weighted by Crippen LogP contribution is -2.18. The Morgan fingerprint density at radius 1 is 0.808 bits per heavy atom. The van der Waals surface area contributed by atoms with Crippen LogP contribution in [0.15, 0.2) is 48.5 Å². The van der Waals surface area contributed by atoms with Crippen LogP contribution in [0.2, 0.25) is 0 Å². The van der Waals surface area contributed by atoms with Gasteiger partial charge in [0, 0.05) is 13.1 Å². The maximum atomic E-state index is 5.94. The van der Waals surface area contributed by atoms with E-state index < -0.39 is 0 Å². The van der Waals surface area contributed by atoms with Crippen molar-refractivity contribution in [1.29, 1.82) is 0 Å². The van der Waals surface area contributed by atoms with Gasteiger partial charge in [-0.15, -0.1) is 0 Å². The molecule has 0 fully saturated rings. The smallest absolute Gasteiger partial charge is 0.119 e. The zero-order chi connectivity index (χ0) is 19.4. The summed E-state index contributed by atoms with van der Waals surface area (Å²) in [6.45, 7) is 15.9. The number of ether oxygens (including phenoxy) is 1. The van der Waals surface area contributed by atoms with Crippen molar-refractivity contribution < 1.29 is 4.74 Å². The maximum Gasteiger partial charge on any atom is 0.119 e. The Kier molecular flexibility index (Phi) is 6.52. The summed E-state index contributed by atoms with van der Waals surface area (Å²) in [5.74, 6) is 0.959. The highest BCUT2D eigenvalue weighted by Gasteiger charge is 2.13. The lowest BCUT2D eigenvalue weighted by molar-refractivity contribution is 0.197. The SMILES string of the molecule is CN(Cc1ccc(C(C)(C)C)cc1)Cc1cccc(OCC(C)(C)C)c1. The van der Waals surface area contributed by atoms with Gasteiger partial charge in [0.15, 0.2) is 0 Å². The summed E-state index contributed by atoms with van der Waals surface area (Å²) in [6, 6.07) is 17.5. The molecule has 0 spiro atoms. The first-order chi connectivity index (χ1) is 12.0. The molecule has 0 saturated heterocycles. The number of hydrogen-bond donors (Lipinski definition) is 0. The maximum absolute atomic E-state index is 5.94. The van der Waals surface area contributed by atoms with Crippen LogP contribution in [0.4, 0.5) is 0 Å². The van der Waals surface area contributed by atoms with Crippen LogP contribution in [-0.2, 0) is 18.5 Å². The van der Waals surface area contributed by atoms with E-state index in [1.165, 1.54) is 16.7 Å². The fraction of sp³-hybridized carbons (Fsp3) is 0.500. The van der Waals surface area contributed by atoms with Crippen molar-refractivity contribution in [3.05, 3.63) is 65.2 Å². The van der Waals surface area contributed by atoms with Gasteiger partial charge in [-0.25, -0.2) is 0 Å². The van der Waals surface area contributed by atoms with Crippen LogP contribution in [0.1, 0.15) is 58.2 Å². The van der Waals surface area contributed by atoms with Crippen LogP contribution < -0.4 is 4.74 Å². The van der Waals surface area contributed by atoms with E-state index >= 15 is 0 Å². The molecule has 26 heavy (non-hydrogen) atoms. The fourth-order valence-electron chi connectivity index (χ4n) is 2.82. The number of hydrogen-bond acceptors (Lipinski definition) is 2. The Morgan fingerprint density at radius 3 is 2.00 bits per heavy atom. The molecule has 0 bridgehead atoms. The molecule has 0 N–H and O–H groups in total. The predicted molar refractivity (Wildman–Crippen MR) is 112 cm³/mol. The first kappa shape index (κ1) is 20.5. The molecule has 0 radical (unpaired) electrons. The topological polar surface area (TPSA) is 12.5 Å². The Hall–Kier alpha value is -1.80. The van der Waals surface area contributed by atoms with E-state index in [1.807, 2.05) is 6.07 Å². The molecule has 0 aliphatic heterocycles. The highest BCUT2D eigenvalue weighted by atomic mass is 16.5. The quantitative estimate of drug-likeness (QED) is 0.627. The third-order valence-corrected chi connectivity index (χ3v) is 4.30. The molecule has 0 aliphatic rings. The molecular weight excluding hydrogens is 318 g/mol. The van der Waals surface area contributed by atoms with E-state index in [-0.39, 0.29) is 10.8 Å². The van der Waals surface area contributed by atoms with Gasteiger partial charge in [0.1, 0.15) is 5.75 Å². The molecule has 0 unspecified atom stereocenters. The number of benzene rings is 2. The minimum atomic E-state index is 0.173. The average Bonchev–Trinajstić information content (AvgIpc) is 2.52. The van der Waals surface area contributed by atoms with E-state index in [0.29, 0.717) is 0 Å². The normalized spacial score (nSPS) is 12.5. The Bertz CT molecular complexity index is 689. The van der Waals surface area contributed by atoms with Gasteiger partial charge in [-0.1, -0.05) is 77.9 Å². The summed E-state index contributed by atoms with van der Waals surface area (Å²) < 4.78 is 5.94. The van der Waals surface area contributed by atoms with Gasteiger partial charge < -0.3 is 4.74 Å². The van der Waals surface area contributed by atoms with Gasteiger partial charge in [0.05, 0.1) is 6.61 Å². The van der Waals surface area contributed by atoms with E-state index in [4.69, 9.17) is 4.74 Å². The molecule has 0 amide bonds. The zero-order valence-corrected chi connectivity index (χ0v) is 17.6. The van der Waals surface area contributed by atoms with Gasteiger partial charge in [-0.05, 0) is 46.7 Å². The standard InChI is InChI=1S/C24H35NO/c1-23(2,3)18-26-22-10-8-9-20(15-22)17-25(7)16-19-11-13-21(14-12-19)24(4,5)6/h8-15H,16-18H2,1-7H3. The van der Waals surface area contributed by atoms with Crippen molar-refractivity contribution in [2.45, 2.75) is 60.0 Å². The van der Waals surface area contributed by atoms with Crippen molar-refractivity contribution in [3.8, 4) is 5.75 Å². The van der Waals surface area contributed by atoms with Crippen molar-refractivity contribution in [2.75, 3.05) is 13.7 Å². The molecule has 0 heterocycles. The van der Waals surface area contributed by atoms with Crippen LogP contribution in [0, 0.1) is 5.41 Å². The molecule has 2 aromatic rings. The minimum absolute atomic E-state index is 0.173. The van der Waals surface area contributed by atoms with Crippen LogP contribution in [0.5, 0.6) is 5.75 Å². The highest BCUT2D eigenvalue weighted by Crippen LogP contribution is 2.23. The Balaban J connectivity index is 1.94. The first-order valence-electron chi connectivity index (χ1n) is 9.53. The van der Waals surface area contributed by atoms with Crippen LogP contribution in [0.25, 0.3) is 0 Å². The Labute approximate surface area is 160 Å². The second kappa shape index (κ2) is 8.26. The summed E-state index contributed by atoms with van der Waals surface area (Å²) in [5.41, 5.74) is 4.39. The average molecular weight is 354 g/mol. The number of nitrogens with zero attached hydrogens (tertiary/aromatic N) is 1. The van der Waals surface area contributed by atoms with Crippen molar-refractivity contribution in [1.82, 2.24) is 4.90 Å². The van der Waals surface area contributed by atoms with Crippen molar-refractivity contribution in [2.24, 2.45) is 5.41 Å². The molecule has 0 aliphatic carbocycles. The third kappa shape index (κ3) is 6.84. The van der Waals surface area contributed by atoms with E-state index in [2.05, 4.69) is 96.0 Å². The zero-order valence-electron chi connectivity index (χ0n) is 17.6. The van der Waals surface area contributed by atoms with Gasteiger partial charge in [0.2, 0.25) is 0 Å². The monoisotopic (exact) mass is 353 g/mol. The molecule has 2 rings (SSSR count). The molecule has 2 aromatic carbocycles. The van der Waals surface area contributed by atoms with Gasteiger partial charge >= 0.3 is 0 Å². The molecule has 142 valence electrons.